The molecule has 0 radical (unpaired) electrons. The summed E-state index contributed by atoms with van der Waals surface area (Å²) in [7, 11) is 0. The van der Waals surface area contributed by atoms with Gasteiger partial charge < -0.3 is 5.32 Å². The Morgan fingerprint density at radius 2 is 1.88 bits per heavy atom. The van der Waals surface area contributed by atoms with Gasteiger partial charge in [-0.2, -0.15) is 0 Å². The smallest absolute Gasteiger partial charge is 0.0304 e. The molecule has 0 aromatic rings. The zero-order valence-corrected chi connectivity index (χ0v) is 12.1. The number of nitrogens with zero attached hydrogens (tertiary/aromatic N) is 1. The van der Waals surface area contributed by atoms with Crippen molar-refractivity contribution in [1.29, 1.82) is 0 Å². The topological polar surface area (TPSA) is 15.3 Å². The van der Waals surface area contributed by atoms with Gasteiger partial charge in [0, 0.05) is 31.2 Å². The molecule has 2 rings (SSSR count). The SMILES string of the molecule is CCC1CNC(CC)(CC)CN1CC1CC1C. The fourth-order valence-electron chi connectivity index (χ4n) is 3.33. The molecular formula is C15H30N2. The second-order valence-corrected chi connectivity index (χ2v) is 6.33. The highest BCUT2D eigenvalue weighted by Crippen LogP contribution is 2.39. The number of hydrogen-bond acceptors (Lipinski definition) is 2. The largest absolute Gasteiger partial charge is 0.308 e. The van der Waals surface area contributed by atoms with Crippen LogP contribution in [0.1, 0.15) is 53.4 Å². The molecule has 3 atom stereocenters. The number of nitrogens with one attached hydrogen (secondary N) is 1. The third-order valence-corrected chi connectivity index (χ3v) is 5.30. The first kappa shape index (κ1) is 13.4. The Bertz CT molecular complexity index is 247. The molecule has 0 spiro atoms. The molecule has 100 valence electrons. The van der Waals surface area contributed by atoms with E-state index in [4.69, 9.17) is 0 Å². The lowest BCUT2D eigenvalue weighted by molar-refractivity contribution is 0.0657. The molecule has 17 heavy (non-hydrogen) atoms. The molecule has 2 fully saturated rings. The Hall–Kier alpha value is -0.0800. The fourth-order valence-corrected chi connectivity index (χ4v) is 3.33. The number of rotatable bonds is 5. The number of piperazine rings is 1. The van der Waals surface area contributed by atoms with Gasteiger partial charge in [-0.1, -0.05) is 27.7 Å². The molecule has 0 amide bonds. The molecule has 0 aromatic heterocycles. The van der Waals surface area contributed by atoms with E-state index >= 15 is 0 Å². The maximum Gasteiger partial charge on any atom is 0.0304 e. The Morgan fingerprint density at radius 1 is 1.24 bits per heavy atom. The van der Waals surface area contributed by atoms with Gasteiger partial charge >= 0.3 is 0 Å². The Kier molecular flexibility index (Phi) is 4.14. The summed E-state index contributed by atoms with van der Waals surface area (Å²) in [5.41, 5.74) is 0.393. The van der Waals surface area contributed by atoms with Crippen LogP contribution in [0.4, 0.5) is 0 Å². The minimum atomic E-state index is 0.393. The van der Waals surface area contributed by atoms with Crippen LogP contribution < -0.4 is 5.32 Å². The normalized spacial score (nSPS) is 37.1. The molecule has 0 bridgehead atoms. The van der Waals surface area contributed by atoms with Gasteiger partial charge in [0.15, 0.2) is 0 Å². The summed E-state index contributed by atoms with van der Waals surface area (Å²) in [6.07, 6.45) is 5.27. The van der Waals surface area contributed by atoms with E-state index in [-0.39, 0.29) is 0 Å². The molecule has 2 heteroatoms. The van der Waals surface area contributed by atoms with Crippen molar-refractivity contribution in [2.75, 3.05) is 19.6 Å². The first-order valence-corrected chi connectivity index (χ1v) is 7.63. The maximum atomic E-state index is 3.83. The predicted octanol–water partition coefficient (Wildman–Crippen LogP) is 2.89. The summed E-state index contributed by atoms with van der Waals surface area (Å²) in [6.45, 7) is 13.2. The van der Waals surface area contributed by atoms with Crippen molar-refractivity contribution in [2.45, 2.75) is 65.0 Å². The predicted molar refractivity (Wildman–Crippen MR) is 74.2 cm³/mol. The fraction of sp³-hybridized carbons (Fsp3) is 1.00. The summed E-state index contributed by atoms with van der Waals surface area (Å²) in [4.78, 5) is 2.79. The zero-order valence-electron chi connectivity index (χ0n) is 12.1. The van der Waals surface area contributed by atoms with Gasteiger partial charge in [0.2, 0.25) is 0 Å². The van der Waals surface area contributed by atoms with Crippen molar-refractivity contribution < 1.29 is 0 Å². The molecule has 1 aliphatic heterocycles. The van der Waals surface area contributed by atoms with Crippen LogP contribution in [0, 0.1) is 11.8 Å². The van der Waals surface area contributed by atoms with E-state index in [1.54, 1.807) is 0 Å². The minimum absolute atomic E-state index is 0.393. The monoisotopic (exact) mass is 238 g/mol. The van der Waals surface area contributed by atoms with Gasteiger partial charge in [-0.05, 0) is 37.5 Å². The van der Waals surface area contributed by atoms with Crippen LogP contribution in [0.25, 0.3) is 0 Å². The van der Waals surface area contributed by atoms with E-state index in [0.29, 0.717) is 5.54 Å². The van der Waals surface area contributed by atoms with E-state index in [1.165, 1.54) is 45.3 Å². The highest BCUT2D eigenvalue weighted by molar-refractivity contribution is 4.98. The van der Waals surface area contributed by atoms with Crippen molar-refractivity contribution in [3.05, 3.63) is 0 Å². The van der Waals surface area contributed by atoms with Gasteiger partial charge in [-0.15, -0.1) is 0 Å². The van der Waals surface area contributed by atoms with Crippen molar-refractivity contribution >= 4 is 0 Å². The highest BCUT2D eigenvalue weighted by atomic mass is 15.3. The molecule has 1 N–H and O–H groups in total. The first-order valence-electron chi connectivity index (χ1n) is 7.63. The van der Waals surface area contributed by atoms with E-state index < -0.39 is 0 Å². The molecule has 2 nitrogen and oxygen atoms in total. The van der Waals surface area contributed by atoms with Crippen LogP contribution in [-0.4, -0.2) is 36.1 Å². The molecule has 1 aliphatic carbocycles. The van der Waals surface area contributed by atoms with Gasteiger partial charge in [0.25, 0.3) is 0 Å². The standard InChI is InChI=1S/C15H30N2/c1-5-14-9-16-15(6-2,7-3)11-17(14)10-13-8-12(13)4/h12-14,16H,5-11H2,1-4H3. The van der Waals surface area contributed by atoms with Crippen molar-refractivity contribution in [2.24, 2.45) is 11.8 Å². The molecule has 1 saturated carbocycles. The van der Waals surface area contributed by atoms with Crippen LogP contribution in [0.5, 0.6) is 0 Å². The summed E-state index contributed by atoms with van der Waals surface area (Å²) in [6, 6.07) is 0.772. The Morgan fingerprint density at radius 3 is 2.35 bits per heavy atom. The average molecular weight is 238 g/mol. The van der Waals surface area contributed by atoms with Crippen LogP contribution in [0.15, 0.2) is 0 Å². The van der Waals surface area contributed by atoms with Gasteiger partial charge in [0.05, 0.1) is 0 Å². The highest BCUT2D eigenvalue weighted by Gasteiger charge is 2.40. The quantitative estimate of drug-likeness (QED) is 0.792. The minimum Gasteiger partial charge on any atom is -0.308 e. The second kappa shape index (κ2) is 5.27. The molecule has 0 aromatic carbocycles. The summed E-state index contributed by atoms with van der Waals surface area (Å²) >= 11 is 0. The number of hydrogen-bond donors (Lipinski definition) is 1. The molecule has 3 unspecified atom stereocenters. The lowest BCUT2D eigenvalue weighted by Crippen LogP contribution is -2.63. The van der Waals surface area contributed by atoms with E-state index in [9.17, 15) is 0 Å². The molecule has 1 saturated heterocycles. The third kappa shape index (κ3) is 2.85. The van der Waals surface area contributed by atoms with E-state index in [1.807, 2.05) is 0 Å². The Balaban J connectivity index is 1.97. The summed E-state index contributed by atoms with van der Waals surface area (Å²) in [5.74, 6) is 1.98. The van der Waals surface area contributed by atoms with Crippen LogP contribution >= 0.6 is 0 Å². The molecular weight excluding hydrogens is 208 g/mol. The van der Waals surface area contributed by atoms with Crippen molar-refractivity contribution in [1.82, 2.24) is 10.2 Å². The van der Waals surface area contributed by atoms with Crippen LogP contribution in [-0.2, 0) is 0 Å². The third-order valence-electron chi connectivity index (χ3n) is 5.30. The molecule has 1 heterocycles. The van der Waals surface area contributed by atoms with Crippen molar-refractivity contribution in [3.63, 3.8) is 0 Å². The zero-order chi connectivity index (χ0) is 12.5. The Labute approximate surface area is 107 Å². The maximum absolute atomic E-state index is 3.83. The van der Waals surface area contributed by atoms with Crippen LogP contribution in [0.3, 0.4) is 0 Å². The molecule has 2 aliphatic rings. The van der Waals surface area contributed by atoms with E-state index in [0.717, 1.165) is 17.9 Å². The van der Waals surface area contributed by atoms with Gasteiger partial charge in [0.1, 0.15) is 0 Å². The summed E-state index contributed by atoms with van der Waals surface area (Å²) < 4.78 is 0. The first-order chi connectivity index (χ1) is 8.14. The summed E-state index contributed by atoms with van der Waals surface area (Å²) in [5, 5.41) is 3.83. The lowest BCUT2D eigenvalue weighted by Gasteiger charge is -2.47. The van der Waals surface area contributed by atoms with Crippen LogP contribution in [0.2, 0.25) is 0 Å². The van der Waals surface area contributed by atoms with Gasteiger partial charge in [-0.3, -0.25) is 4.90 Å². The van der Waals surface area contributed by atoms with E-state index in [2.05, 4.69) is 37.9 Å². The second-order valence-electron chi connectivity index (χ2n) is 6.33. The van der Waals surface area contributed by atoms with Gasteiger partial charge in [-0.25, -0.2) is 0 Å². The van der Waals surface area contributed by atoms with Crippen molar-refractivity contribution in [3.8, 4) is 0 Å². The average Bonchev–Trinajstić information content (AvgIpc) is 3.04. The lowest BCUT2D eigenvalue weighted by atomic mass is 9.88.